The second-order valence-corrected chi connectivity index (χ2v) is 3.02. The summed E-state index contributed by atoms with van der Waals surface area (Å²) in [6.07, 6.45) is 2.67. The predicted octanol–water partition coefficient (Wildman–Crippen LogP) is 1.04. The highest BCUT2D eigenvalue weighted by molar-refractivity contribution is 5.11. The average molecular weight is 170 g/mol. The fourth-order valence-electron chi connectivity index (χ4n) is 0.876. The van der Waals surface area contributed by atoms with Gasteiger partial charge in [0.15, 0.2) is 5.75 Å². The van der Waals surface area contributed by atoms with Crippen LogP contribution in [-0.4, -0.2) is 22.0 Å². The molecule has 4 nitrogen and oxygen atoms in total. The van der Waals surface area contributed by atoms with Crippen molar-refractivity contribution in [2.24, 2.45) is 5.92 Å². The molecule has 12 heavy (non-hydrogen) atoms. The van der Waals surface area contributed by atoms with E-state index in [1.807, 2.05) is 13.8 Å². The zero-order chi connectivity index (χ0) is 9.14. The summed E-state index contributed by atoms with van der Waals surface area (Å²) in [6, 6.07) is 0. The highest BCUT2D eigenvalue weighted by Crippen LogP contribution is 2.16. The van der Waals surface area contributed by atoms with Gasteiger partial charge in [-0.25, -0.2) is 4.68 Å². The Bertz CT molecular complexity index is 245. The maximum absolute atomic E-state index is 9.55. The summed E-state index contributed by atoms with van der Waals surface area (Å²) in [5, 5.41) is 13.5. The number of nitrogens with zero attached hydrogens (tertiary/aromatic N) is 2. The van der Waals surface area contributed by atoms with E-state index in [1.165, 1.54) is 4.68 Å². The van der Waals surface area contributed by atoms with Crippen LogP contribution >= 0.6 is 0 Å². The molecule has 1 aromatic heterocycles. The van der Waals surface area contributed by atoms with E-state index in [9.17, 15) is 5.11 Å². The van der Waals surface area contributed by atoms with Crippen molar-refractivity contribution in [1.29, 1.82) is 0 Å². The predicted molar refractivity (Wildman–Crippen MR) is 44.9 cm³/mol. The third-order valence-electron chi connectivity index (χ3n) is 1.68. The molecule has 1 N–H and O–H groups in total. The summed E-state index contributed by atoms with van der Waals surface area (Å²) < 4.78 is 6.42. The Morgan fingerprint density at radius 3 is 2.67 bits per heavy atom. The van der Waals surface area contributed by atoms with E-state index in [-0.39, 0.29) is 5.92 Å². The number of hydrogen-bond acceptors (Lipinski definition) is 3. The summed E-state index contributed by atoms with van der Waals surface area (Å²) >= 11 is 0. The second-order valence-electron chi connectivity index (χ2n) is 3.02. The molecule has 1 heterocycles. The van der Waals surface area contributed by atoms with Gasteiger partial charge in [-0.05, 0) is 5.92 Å². The number of rotatable bonds is 3. The van der Waals surface area contributed by atoms with Crippen LogP contribution in [0.5, 0.6) is 5.75 Å². The zero-order valence-electron chi connectivity index (χ0n) is 7.56. The van der Waals surface area contributed by atoms with Crippen LogP contribution in [0, 0.1) is 5.92 Å². The molecule has 4 heteroatoms. The van der Waals surface area contributed by atoms with Crippen molar-refractivity contribution in [3.05, 3.63) is 12.4 Å². The molecule has 0 radical (unpaired) electrons. The first kappa shape index (κ1) is 9.06. The van der Waals surface area contributed by atoms with Gasteiger partial charge in [0.2, 0.25) is 0 Å². The number of ether oxygens (including phenoxy) is 1. The van der Waals surface area contributed by atoms with Gasteiger partial charge in [0.25, 0.3) is 0 Å². The lowest BCUT2D eigenvalue weighted by molar-refractivity contribution is 0.0447. The van der Waals surface area contributed by atoms with Crippen LogP contribution in [0.1, 0.15) is 20.1 Å². The van der Waals surface area contributed by atoms with Crippen LogP contribution in [0.25, 0.3) is 0 Å². The normalized spacial score (nSPS) is 13.4. The smallest absolute Gasteiger partial charge is 0.156 e. The van der Waals surface area contributed by atoms with Crippen LogP contribution in [0.3, 0.4) is 0 Å². The third kappa shape index (κ3) is 1.76. The van der Waals surface area contributed by atoms with Gasteiger partial charge in [-0.15, -0.1) is 0 Å². The van der Waals surface area contributed by atoms with Gasteiger partial charge in [0, 0.05) is 0 Å². The van der Waals surface area contributed by atoms with E-state index < -0.39 is 6.23 Å². The van der Waals surface area contributed by atoms with Crippen molar-refractivity contribution in [3.8, 4) is 5.75 Å². The number of aromatic nitrogens is 2. The van der Waals surface area contributed by atoms with Crippen LogP contribution in [0.2, 0.25) is 0 Å². The van der Waals surface area contributed by atoms with E-state index in [0.29, 0.717) is 5.75 Å². The van der Waals surface area contributed by atoms with Crippen LogP contribution in [-0.2, 0) is 0 Å². The number of hydrogen-bond donors (Lipinski definition) is 1. The molecule has 1 unspecified atom stereocenters. The van der Waals surface area contributed by atoms with Crippen LogP contribution in [0.4, 0.5) is 0 Å². The maximum atomic E-state index is 9.55. The molecule has 0 aliphatic carbocycles. The molecular formula is C8H14N2O2. The van der Waals surface area contributed by atoms with Crippen molar-refractivity contribution < 1.29 is 9.84 Å². The fraction of sp³-hybridized carbons (Fsp3) is 0.625. The van der Waals surface area contributed by atoms with Gasteiger partial charge in [-0.3, -0.25) is 0 Å². The average Bonchev–Trinajstić information content (AvgIpc) is 2.50. The highest BCUT2D eigenvalue weighted by atomic mass is 16.5. The zero-order valence-corrected chi connectivity index (χ0v) is 7.56. The van der Waals surface area contributed by atoms with E-state index in [1.54, 1.807) is 19.5 Å². The Morgan fingerprint density at radius 1 is 1.58 bits per heavy atom. The molecule has 0 aliphatic rings. The monoisotopic (exact) mass is 170 g/mol. The number of aliphatic hydroxyl groups is 1. The molecule has 1 aromatic rings. The summed E-state index contributed by atoms with van der Waals surface area (Å²) in [4.78, 5) is 0. The van der Waals surface area contributed by atoms with Crippen molar-refractivity contribution in [3.63, 3.8) is 0 Å². The van der Waals surface area contributed by atoms with Gasteiger partial charge in [0.05, 0.1) is 19.5 Å². The molecule has 0 fully saturated rings. The quantitative estimate of drug-likeness (QED) is 0.737. The first-order valence-electron chi connectivity index (χ1n) is 3.91. The Hall–Kier alpha value is -1.03. The van der Waals surface area contributed by atoms with E-state index in [2.05, 4.69) is 5.10 Å². The van der Waals surface area contributed by atoms with E-state index in [4.69, 9.17) is 4.74 Å². The van der Waals surface area contributed by atoms with Gasteiger partial charge in [0.1, 0.15) is 6.23 Å². The molecule has 1 atom stereocenters. The fourth-order valence-corrected chi connectivity index (χ4v) is 0.876. The molecule has 0 saturated carbocycles. The molecule has 68 valence electrons. The molecule has 0 saturated heterocycles. The second kappa shape index (κ2) is 3.58. The molecule has 0 spiro atoms. The number of methoxy groups -OCH3 is 1. The summed E-state index contributed by atoms with van der Waals surface area (Å²) in [5.41, 5.74) is 0. The minimum atomic E-state index is -0.575. The van der Waals surface area contributed by atoms with E-state index >= 15 is 0 Å². The van der Waals surface area contributed by atoms with Gasteiger partial charge >= 0.3 is 0 Å². The van der Waals surface area contributed by atoms with Crippen molar-refractivity contribution >= 4 is 0 Å². The third-order valence-corrected chi connectivity index (χ3v) is 1.68. The van der Waals surface area contributed by atoms with Gasteiger partial charge < -0.3 is 9.84 Å². The van der Waals surface area contributed by atoms with Gasteiger partial charge in [-0.1, -0.05) is 13.8 Å². The lowest BCUT2D eigenvalue weighted by atomic mass is 10.2. The van der Waals surface area contributed by atoms with Crippen molar-refractivity contribution in [2.45, 2.75) is 20.1 Å². The molecule has 0 aliphatic heterocycles. The largest absolute Gasteiger partial charge is 0.493 e. The van der Waals surface area contributed by atoms with Crippen LogP contribution in [0.15, 0.2) is 12.4 Å². The minimum Gasteiger partial charge on any atom is -0.493 e. The SMILES string of the molecule is COc1cnn(C(O)C(C)C)c1. The van der Waals surface area contributed by atoms with Gasteiger partial charge in [-0.2, -0.15) is 5.10 Å². The Balaban J connectivity index is 2.74. The summed E-state index contributed by atoms with van der Waals surface area (Å²) in [6.45, 7) is 3.86. The van der Waals surface area contributed by atoms with Crippen LogP contribution < -0.4 is 4.74 Å². The van der Waals surface area contributed by atoms with E-state index in [0.717, 1.165) is 0 Å². The molecular weight excluding hydrogens is 156 g/mol. The summed E-state index contributed by atoms with van der Waals surface area (Å²) in [7, 11) is 1.57. The van der Waals surface area contributed by atoms with Crippen molar-refractivity contribution in [1.82, 2.24) is 9.78 Å². The molecule has 0 bridgehead atoms. The first-order chi connectivity index (χ1) is 5.65. The standard InChI is InChI=1S/C8H14N2O2/c1-6(2)8(11)10-5-7(12-3)4-9-10/h4-6,8,11H,1-3H3. The molecule has 0 amide bonds. The maximum Gasteiger partial charge on any atom is 0.156 e. The van der Waals surface area contributed by atoms with Crippen molar-refractivity contribution in [2.75, 3.05) is 7.11 Å². The Morgan fingerprint density at radius 2 is 2.25 bits per heavy atom. The lowest BCUT2D eigenvalue weighted by Crippen LogP contribution is -2.14. The first-order valence-corrected chi connectivity index (χ1v) is 3.91. The lowest BCUT2D eigenvalue weighted by Gasteiger charge is -2.13. The number of aliphatic hydroxyl groups excluding tert-OH is 1. The minimum absolute atomic E-state index is 0.148. The summed E-state index contributed by atoms with van der Waals surface area (Å²) in [5.74, 6) is 0.810. The Labute approximate surface area is 71.8 Å². The Kier molecular flexibility index (Phi) is 2.70. The highest BCUT2D eigenvalue weighted by Gasteiger charge is 2.12. The molecule has 1 rings (SSSR count). The topological polar surface area (TPSA) is 47.3 Å². The molecule has 0 aromatic carbocycles.